The van der Waals surface area contributed by atoms with Crippen molar-refractivity contribution in [2.24, 2.45) is 0 Å². The number of likely N-dealkylation sites (tertiary alicyclic amines) is 2. The van der Waals surface area contributed by atoms with E-state index in [1.165, 1.54) is 0 Å². The summed E-state index contributed by atoms with van der Waals surface area (Å²) < 4.78 is 0. The predicted octanol–water partition coefficient (Wildman–Crippen LogP) is 0.253. The monoisotopic (exact) mass is 375 g/mol. The van der Waals surface area contributed by atoms with Gasteiger partial charge >= 0.3 is 0 Å². The summed E-state index contributed by atoms with van der Waals surface area (Å²) in [7, 11) is 3.47. The highest BCUT2D eigenvalue weighted by Crippen LogP contribution is 2.18. The first kappa shape index (κ1) is 19.6. The van der Waals surface area contributed by atoms with Gasteiger partial charge in [0.2, 0.25) is 5.91 Å². The van der Waals surface area contributed by atoms with Crippen LogP contribution < -0.4 is 5.32 Å². The van der Waals surface area contributed by atoms with Crippen molar-refractivity contribution in [3.05, 3.63) is 23.9 Å². The number of amides is 2. The van der Waals surface area contributed by atoms with Crippen molar-refractivity contribution in [1.29, 1.82) is 0 Å². The minimum Gasteiger partial charge on any atom is -0.390 e. The van der Waals surface area contributed by atoms with Gasteiger partial charge in [0.15, 0.2) is 0 Å². The highest BCUT2D eigenvalue weighted by atomic mass is 16.3. The molecule has 8 nitrogen and oxygen atoms in total. The summed E-state index contributed by atoms with van der Waals surface area (Å²) in [6, 6.07) is 3.45. The maximum absolute atomic E-state index is 12.4. The van der Waals surface area contributed by atoms with Crippen molar-refractivity contribution < 1.29 is 14.7 Å². The molecular formula is C19H29N5O3. The number of likely N-dealkylation sites (N-methyl/N-ethyl adjacent to an activating group) is 1. The molecule has 2 N–H and O–H groups in total. The third kappa shape index (κ3) is 4.95. The minimum atomic E-state index is -0.582. The number of hydrogen-bond acceptors (Lipinski definition) is 6. The molecule has 0 radical (unpaired) electrons. The fourth-order valence-corrected chi connectivity index (χ4v) is 3.54. The molecule has 148 valence electrons. The summed E-state index contributed by atoms with van der Waals surface area (Å²) in [6.45, 7) is 3.14. The van der Waals surface area contributed by atoms with E-state index in [-0.39, 0.29) is 17.9 Å². The lowest BCUT2D eigenvalue weighted by Gasteiger charge is -2.36. The zero-order valence-corrected chi connectivity index (χ0v) is 16.1. The molecule has 3 heterocycles. The number of β-amino-alcohol motifs (C(OH)–C–C–N with tert-alkyl or cyclic N) is 1. The molecule has 2 atom stereocenters. The fraction of sp³-hybridized carbons (Fsp3) is 0.632. The van der Waals surface area contributed by atoms with Crippen molar-refractivity contribution in [2.45, 2.75) is 31.4 Å². The standard InChI is InChI=1S/C19H29N5O3/c1-22(2)18(26)13-23-10-7-15(16(25)12-23)21-17-6-5-14(11-20-17)19(27)24-8-3-4-9-24/h5-6,11,15-16,25H,3-4,7-10,12-13H2,1-2H3,(H,20,21)/t15-,16-/m1/s1. The number of aliphatic hydroxyl groups excluding tert-OH is 1. The van der Waals surface area contributed by atoms with Crippen LogP contribution in [0, 0.1) is 0 Å². The van der Waals surface area contributed by atoms with E-state index >= 15 is 0 Å². The Hall–Kier alpha value is -2.19. The highest BCUT2D eigenvalue weighted by molar-refractivity contribution is 5.94. The van der Waals surface area contributed by atoms with Gasteiger partial charge in [0, 0.05) is 46.5 Å². The van der Waals surface area contributed by atoms with Crippen LogP contribution >= 0.6 is 0 Å². The second-order valence-corrected chi connectivity index (χ2v) is 7.56. The fourth-order valence-electron chi connectivity index (χ4n) is 3.54. The van der Waals surface area contributed by atoms with Crippen LogP contribution in [0.1, 0.15) is 29.6 Å². The number of anilines is 1. The lowest BCUT2D eigenvalue weighted by Crippen LogP contribution is -2.52. The van der Waals surface area contributed by atoms with Gasteiger partial charge in [-0.05, 0) is 31.4 Å². The van der Waals surface area contributed by atoms with Crippen LogP contribution in [0.3, 0.4) is 0 Å². The van der Waals surface area contributed by atoms with Crippen molar-refractivity contribution in [2.75, 3.05) is 52.1 Å². The van der Waals surface area contributed by atoms with Crippen molar-refractivity contribution >= 4 is 17.6 Å². The molecule has 2 aliphatic rings. The Morgan fingerprint density at radius 1 is 1.26 bits per heavy atom. The van der Waals surface area contributed by atoms with Gasteiger partial charge in [-0.3, -0.25) is 14.5 Å². The van der Waals surface area contributed by atoms with E-state index in [1.807, 2.05) is 9.80 Å². The summed E-state index contributed by atoms with van der Waals surface area (Å²) in [5.74, 6) is 0.717. The van der Waals surface area contributed by atoms with Gasteiger partial charge in [-0.25, -0.2) is 4.98 Å². The zero-order chi connectivity index (χ0) is 19.4. The Morgan fingerprint density at radius 3 is 2.59 bits per heavy atom. The van der Waals surface area contributed by atoms with Crippen molar-refractivity contribution in [1.82, 2.24) is 19.7 Å². The lowest BCUT2D eigenvalue weighted by atomic mass is 10.0. The number of carbonyl (C=O) groups excluding carboxylic acids is 2. The first-order valence-corrected chi connectivity index (χ1v) is 9.56. The second-order valence-electron chi connectivity index (χ2n) is 7.56. The summed E-state index contributed by atoms with van der Waals surface area (Å²) >= 11 is 0. The van der Waals surface area contributed by atoms with Gasteiger partial charge in [0.25, 0.3) is 5.91 Å². The molecule has 3 rings (SSSR count). The molecule has 2 fully saturated rings. The number of aliphatic hydroxyl groups is 1. The van der Waals surface area contributed by atoms with Gasteiger partial charge in [-0.15, -0.1) is 0 Å². The normalized spacial score (nSPS) is 23.3. The third-order valence-electron chi connectivity index (χ3n) is 5.26. The molecule has 2 saturated heterocycles. The Balaban J connectivity index is 1.52. The number of piperidine rings is 1. The number of hydrogen-bond donors (Lipinski definition) is 2. The van der Waals surface area contributed by atoms with E-state index in [1.54, 1.807) is 37.3 Å². The van der Waals surface area contributed by atoms with E-state index in [9.17, 15) is 14.7 Å². The number of aromatic nitrogens is 1. The van der Waals surface area contributed by atoms with Gasteiger partial charge in [0.1, 0.15) is 5.82 Å². The number of pyridine rings is 1. The average Bonchev–Trinajstić information content (AvgIpc) is 3.18. The Labute approximate surface area is 160 Å². The molecule has 0 saturated carbocycles. The molecule has 0 unspecified atom stereocenters. The van der Waals surface area contributed by atoms with Gasteiger partial charge < -0.3 is 20.2 Å². The average molecular weight is 375 g/mol. The quantitative estimate of drug-likeness (QED) is 0.767. The Kier molecular flexibility index (Phi) is 6.28. The molecular weight excluding hydrogens is 346 g/mol. The summed E-state index contributed by atoms with van der Waals surface area (Å²) in [4.78, 5) is 33.9. The molecule has 27 heavy (non-hydrogen) atoms. The number of nitrogens with zero attached hydrogens (tertiary/aromatic N) is 4. The van der Waals surface area contributed by atoms with Gasteiger partial charge in [-0.2, -0.15) is 0 Å². The molecule has 1 aromatic rings. The minimum absolute atomic E-state index is 0.0328. The Bertz CT molecular complexity index is 658. The van der Waals surface area contributed by atoms with Crippen LogP contribution in [0.25, 0.3) is 0 Å². The first-order valence-electron chi connectivity index (χ1n) is 9.56. The third-order valence-corrected chi connectivity index (χ3v) is 5.26. The maximum Gasteiger partial charge on any atom is 0.255 e. The number of nitrogens with one attached hydrogen (secondary N) is 1. The van der Waals surface area contributed by atoms with Crippen LogP contribution in [0.2, 0.25) is 0 Å². The van der Waals surface area contributed by atoms with E-state index in [4.69, 9.17) is 0 Å². The molecule has 0 spiro atoms. The van der Waals surface area contributed by atoms with Crippen LogP contribution in [0.15, 0.2) is 18.3 Å². The lowest BCUT2D eigenvalue weighted by molar-refractivity contribution is -0.130. The molecule has 0 aromatic carbocycles. The number of rotatable bonds is 5. The van der Waals surface area contributed by atoms with Crippen LogP contribution in [-0.4, -0.2) is 95.6 Å². The first-order chi connectivity index (χ1) is 12.9. The Morgan fingerprint density at radius 2 is 2.00 bits per heavy atom. The summed E-state index contributed by atoms with van der Waals surface area (Å²) in [5, 5.41) is 13.7. The van der Waals surface area contributed by atoms with Crippen LogP contribution in [0.4, 0.5) is 5.82 Å². The largest absolute Gasteiger partial charge is 0.390 e. The molecule has 1 aromatic heterocycles. The molecule has 0 aliphatic carbocycles. The predicted molar refractivity (Wildman–Crippen MR) is 103 cm³/mol. The van der Waals surface area contributed by atoms with E-state index < -0.39 is 6.10 Å². The summed E-state index contributed by atoms with van der Waals surface area (Å²) in [6.07, 6.45) is 3.87. The van der Waals surface area contributed by atoms with Crippen molar-refractivity contribution in [3.63, 3.8) is 0 Å². The second kappa shape index (κ2) is 8.67. The molecule has 2 amide bonds. The number of carbonyl (C=O) groups is 2. The van der Waals surface area contributed by atoms with Crippen molar-refractivity contribution in [3.8, 4) is 0 Å². The molecule has 0 bridgehead atoms. The maximum atomic E-state index is 12.4. The summed E-state index contributed by atoms with van der Waals surface area (Å²) in [5.41, 5.74) is 0.597. The van der Waals surface area contributed by atoms with Gasteiger partial charge in [0.05, 0.1) is 24.3 Å². The zero-order valence-electron chi connectivity index (χ0n) is 16.1. The van der Waals surface area contributed by atoms with Crippen LogP contribution in [0.5, 0.6) is 0 Å². The highest BCUT2D eigenvalue weighted by Gasteiger charge is 2.29. The van der Waals surface area contributed by atoms with E-state index in [0.717, 1.165) is 38.9 Å². The molecule has 2 aliphatic heterocycles. The molecule has 8 heteroatoms. The van der Waals surface area contributed by atoms with Crippen LogP contribution in [-0.2, 0) is 4.79 Å². The van der Waals surface area contributed by atoms with Gasteiger partial charge in [-0.1, -0.05) is 0 Å². The van der Waals surface area contributed by atoms with E-state index in [2.05, 4.69) is 10.3 Å². The topological polar surface area (TPSA) is 89.0 Å². The SMILES string of the molecule is CN(C)C(=O)CN1CC[C@@H](Nc2ccc(C(=O)N3CCCC3)cn2)[C@H](O)C1. The van der Waals surface area contributed by atoms with E-state index in [0.29, 0.717) is 24.5 Å². The smallest absolute Gasteiger partial charge is 0.255 e.